The summed E-state index contributed by atoms with van der Waals surface area (Å²) in [5.74, 6) is -1.07. The Kier molecular flexibility index (Phi) is 6.18. The number of carbonyl (C=O) groups excluding carboxylic acids is 2. The van der Waals surface area contributed by atoms with Crippen molar-refractivity contribution in [2.24, 2.45) is 0 Å². The Bertz CT molecular complexity index is 658. The van der Waals surface area contributed by atoms with E-state index in [4.69, 9.17) is 0 Å². The zero-order chi connectivity index (χ0) is 17.5. The summed E-state index contributed by atoms with van der Waals surface area (Å²) in [5.41, 5.74) is 0.646. The minimum absolute atomic E-state index is 0.145. The maximum absolute atomic E-state index is 12.4. The van der Waals surface area contributed by atoms with Gasteiger partial charge in [0, 0.05) is 6.42 Å². The largest absolute Gasteiger partial charge is 0.508 e. The van der Waals surface area contributed by atoms with E-state index in [1.165, 1.54) is 18.2 Å². The van der Waals surface area contributed by atoms with Gasteiger partial charge in [-0.3, -0.25) is 9.59 Å². The predicted molar refractivity (Wildman–Crippen MR) is 91.7 cm³/mol. The van der Waals surface area contributed by atoms with Crippen LogP contribution < -0.4 is 5.32 Å². The molecule has 0 saturated carbocycles. The number of aliphatic hydroxyl groups is 1. The molecule has 1 atom stereocenters. The molecule has 1 heterocycles. The van der Waals surface area contributed by atoms with Crippen LogP contribution in [0.5, 0.6) is 5.75 Å². The molecule has 2 rings (SSSR count). The predicted octanol–water partition coefficient (Wildman–Crippen LogP) is 2.95. The molecule has 0 aliphatic carbocycles. The van der Waals surface area contributed by atoms with Gasteiger partial charge in [-0.2, -0.15) is 0 Å². The highest BCUT2D eigenvalue weighted by molar-refractivity contribution is 6.27. The summed E-state index contributed by atoms with van der Waals surface area (Å²) in [6.07, 6.45) is 7.58. The topological polar surface area (TPSA) is 86.6 Å². The minimum Gasteiger partial charge on any atom is -0.508 e. The number of aromatic hydroxyl groups is 1. The number of amides is 1. The number of hydrogen-bond donors (Lipinski definition) is 3. The van der Waals surface area contributed by atoms with Gasteiger partial charge in [-0.25, -0.2) is 0 Å². The Morgan fingerprint density at radius 3 is 2.58 bits per heavy atom. The number of benzene rings is 1. The Morgan fingerprint density at radius 1 is 1.21 bits per heavy atom. The third-order valence-electron chi connectivity index (χ3n) is 3.98. The number of Topliss-reactive ketones (excluding diaryl/α,β-unsaturated/α-hetero) is 1. The molecule has 1 amide bonds. The van der Waals surface area contributed by atoms with Crippen molar-refractivity contribution >= 4 is 11.7 Å². The fourth-order valence-electron chi connectivity index (χ4n) is 2.63. The molecule has 0 unspecified atom stereocenters. The van der Waals surface area contributed by atoms with Crippen LogP contribution in [0, 0.1) is 0 Å². The van der Waals surface area contributed by atoms with Gasteiger partial charge in [-0.1, -0.05) is 38.0 Å². The van der Waals surface area contributed by atoms with Gasteiger partial charge in [0.2, 0.25) is 0 Å². The Balaban J connectivity index is 2.04. The van der Waals surface area contributed by atoms with E-state index in [0.717, 1.165) is 31.2 Å². The van der Waals surface area contributed by atoms with Crippen molar-refractivity contribution in [3.63, 3.8) is 0 Å². The third-order valence-corrected chi connectivity index (χ3v) is 3.98. The second kappa shape index (κ2) is 8.34. The molecule has 3 N–H and O–H groups in total. The van der Waals surface area contributed by atoms with Crippen molar-refractivity contribution in [3.05, 3.63) is 53.3 Å². The number of phenols is 1. The maximum atomic E-state index is 12.4. The normalized spacial score (nSPS) is 19.8. The van der Waals surface area contributed by atoms with E-state index < -0.39 is 17.7 Å². The molecule has 1 aliphatic heterocycles. The lowest BCUT2D eigenvalue weighted by molar-refractivity contribution is -0.117. The van der Waals surface area contributed by atoms with Crippen molar-refractivity contribution in [2.75, 3.05) is 0 Å². The lowest BCUT2D eigenvalue weighted by Gasteiger charge is -2.08. The van der Waals surface area contributed by atoms with Crippen LogP contribution in [-0.4, -0.2) is 27.9 Å². The molecule has 24 heavy (non-hydrogen) atoms. The maximum Gasteiger partial charge on any atom is 0.259 e. The summed E-state index contributed by atoms with van der Waals surface area (Å²) < 4.78 is 0. The van der Waals surface area contributed by atoms with Crippen LogP contribution in [0.2, 0.25) is 0 Å². The highest BCUT2D eigenvalue weighted by Gasteiger charge is 2.37. The van der Waals surface area contributed by atoms with Crippen LogP contribution in [0.25, 0.3) is 0 Å². The van der Waals surface area contributed by atoms with E-state index in [0.29, 0.717) is 6.42 Å². The van der Waals surface area contributed by atoms with E-state index in [9.17, 15) is 19.8 Å². The zero-order valence-corrected chi connectivity index (χ0v) is 13.8. The molecule has 1 aromatic rings. The molecule has 0 radical (unpaired) electrons. The van der Waals surface area contributed by atoms with Gasteiger partial charge in [0.05, 0.1) is 6.04 Å². The summed E-state index contributed by atoms with van der Waals surface area (Å²) in [6, 6.07) is 5.77. The highest BCUT2D eigenvalue weighted by Crippen LogP contribution is 2.19. The first-order valence-electron chi connectivity index (χ1n) is 8.25. The average molecular weight is 329 g/mol. The minimum atomic E-state index is -0.687. The number of hydrogen-bond acceptors (Lipinski definition) is 4. The van der Waals surface area contributed by atoms with Gasteiger partial charge >= 0.3 is 0 Å². The first kappa shape index (κ1) is 17.8. The van der Waals surface area contributed by atoms with Gasteiger partial charge in [0.1, 0.15) is 17.1 Å². The second-order valence-electron chi connectivity index (χ2n) is 5.92. The van der Waals surface area contributed by atoms with E-state index in [1.54, 1.807) is 18.2 Å². The van der Waals surface area contributed by atoms with E-state index in [-0.39, 0.29) is 17.1 Å². The van der Waals surface area contributed by atoms with Crippen LogP contribution in [0.15, 0.2) is 47.7 Å². The smallest absolute Gasteiger partial charge is 0.259 e. The highest BCUT2D eigenvalue weighted by atomic mass is 16.3. The fourth-order valence-corrected chi connectivity index (χ4v) is 2.63. The van der Waals surface area contributed by atoms with Gasteiger partial charge in [-0.15, -0.1) is 0 Å². The van der Waals surface area contributed by atoms with Gasteiger partial charge in [-0.05, 0) is 36.6 Å². The Labute approximate surface area is 141 Å². The molecule has 0 spiro atoms. The van der Waals surface area contributed by atoms with Crippen molar-refractivity contribution in [3.8, 4) is 5.75 Å². The first-order valence-corrected chi connectivity index (χ1v) is 8.25. The van der Waals surface area contributed by atoms with Crippen LogP contribution in [-0.2, 0) is 16.0 Å². The van der Waals surface area contributed by atoms with Crippen LogP contribution in [0.1, 0.15) is 38.2 Å². The summed E-state index contributed by atoms with van der Waals surface area (Å²) in [6.45, 7) is 2.11. The summed E-state index contributed by atoms with van der Waals surface area (Å²) in [7, 11) is 0. The number of rotatable bonds is 7. The van der Waals surface area contributed by atoms with Gasteiger partial charge in [0.25, 0.3) is 5.91 Å². The van der Waals surface area contributed by atoms with Gasteiger partial charge < -0.3 is 15.5 Å². The molecule has 1 fully saturated rings. The van der Waals surface area contributed by atoms with Gasteiger partial charge in [0.15, 0.2) is 5.78 Å². The number of ketones is 1. The summed E-state index contributed by atoms with van der Waals surface area (Å²) in [4.78, 5) is 24.4. The van der Waals surface area contributed by atoms with Crippen molar-refractivity contribution in [1.29, 1.82) is 0 Å². The Hall–Kier alpha value is -2.56. The van der Waals surface area contributed by atoms with Crippen LogP contribution in [0.3, 0.4) is 0 Å². The number of allylic oxidation sites excluding steroid dienone is 2. The van der Waals surface area contributed by atoms with E-state index >= 15 is 0 Å². The molecule has 1 aromatic carbocycles. The van der Waals surface area contributed by atoms with Crippen molar-refractivity contribution in [1.82, 2.24) is 5.32 Å². The number of aliphatic hydroxyl groups excluding tert-OH is 1. The van der Waals surface area contributed by atoms with E-state index in [1.807, 2.05) is 0 Å². The Morgan fingerprint density at radius 2 is 1.92 bits per heavy atom. The molecule has 5 nitrogen and oxygen atoms in total. The monoisotopic (exact) mass is 329 g/mol. The number of unbranched alkanes of at least 4 members (excludes halogenated alkanes) is 3. The number of phenolic OH excluding ortho intramolecular Hbond substituents is 1. The van der Waals surface area contributed by atoms with E-state index in [2.05, 4.69) is 12.2 Å². The summed E-state index contributed by atoms with van der Waals surface area (Å²) >= 11 is 0. The van der Waals surface area contributed by atoms with Crippen LogP contribution in [0.4, 0.5) is 0 Å². The third kappa shape index (κ3) is 4.47. The molecule has 128 valence electrons. The molecular formula is C19H23NO4. The summed E-state index contributed by atoms with van der Waals surface area (Å²) in [5, 5.41) is 21.9. The molecule has 0 aromatic heterocycles. The molecule has 1 aliphatic rings. The van der Waals surface area contributed by atoms with Crippen molar-refractivity contribution < 1.29 is 19.8 Å². The standard InChI is InChI=1S/C19H23NO4/c1-2-3-4-5-6-7-16(22)17-18(23)15(20-19(17)24)12-13-8-10-14(21)11-9-13/h6-11,15,21-22H,2-5,12H2,1H3,(H,20,24)/b7-6+,17-16-/t15-/m0/s1. The van der Waals surface area contributed by atoms with Crippen LogP contribution >= 0.6 is 0 Å². The zero-order valence-electron chi connectivity index (χ0n) is 13.8. The SMILES string of the molecule is CCCCC/C=C/C(O)=C1/C(=O)N[C@@H](Cc2ccc(O)cc2)C1=O. The lowest BCUT2D eigenvalue weighted by Crippen LogP contribution is -2.31. The lowest BCUT2D eigenvalue weighted by atomic mass is 10.0. The van der Waals surface area contributed by atoms with Crippen molar-refractivity contribution in [2.45, 2.75) is 45.1 Å². The quantitative estimate of drug-likeness (QED) is 0.311. The molecule has 5 heteroatoms. The molecule has 0 bridgehead atoms. The average Bonchev–Trinajstić information content (AvgIpc) is 2.83. The molecule has 1 saturated heterocycles. The first-order chi connectivity index (χ1) is 11.5. The fraction of sp³-hybridized carbons (Fsp3) is 0.368. The molecular weight excluding hydrogens is 306 g/mol. The number of carbonyl (C=O) groups is 2. The second-order valence-corrected chi connectivity index (χ2v) is 5.92. The number of nitrogens with one attached hydrogen (secondary N) is 1.